The molecule has 0 radical (unpaired) electrons. The van der Waals surface area contributed by atoms with Crippen LogP contribution in [0.3, 0.4) is 0 Å². The van der Waals surface area contributed by atoms with Gasteiger partial charge >= 0.3 is 0 Å². The van der Waals surface area contributed by atoms with Crippen LogP contribution in [-0.4, -0.2) is 11.7 Å². The van der Waals surface area contributed by atoms with Crippen LogP contribution in [0.2, 0.25) is 0 Å². The minimum absolute atomic E-state index is 0.337. The van der Waals surface area contributed by atoms with Crippen LogP contribution in [0, 0.1) is 0 Å². The molecule has 0 aliphatic heterocycles. The van der Waals surface area contributed by atoms with E-state index >= 15 is 0 Å². The standard InChI is InChI=1S/C9H16O/c10-8-4-3-7-9-5-1-2-6-9/h7,10H,1-6,8H2. The normalized spacial score (nSPS) is 17.9. The Bertz CT molecular complexity index is 108. The molecule has 1 aliphatic carbocycles. The summed E-state index contributed by atoms with van der Waals surface area (Å²) in [4.78, 5) is 0. The molecule has 1 aliphatic rings. The van der Waals surface area contributed by atoms with Gasteiger partial charge in [0.2, 0.25) is 0 Å². The molecule has 0 unspecified atom stereocenters. The third-order valence-electron chi connectivity index (χ3n) is 2.04. The van der Waals surface area contributed by atoms with Gasteiger partial charge in [0.1, 0.15) is 0 Å². The van der Waals surface area contributed by atoms with Crippen molar-refractivity contribution in [2.75, 3.05) is 6.61 Å². The van der Waals surface area contributed by atoms with E-state index in [1.54, 1.807) is 5.57 Å². The number of hydrogen-bond donors (Lipinski definition) is 1. The van der Waals surface area contributed by atoms with Crippen molar-refractivity contribution in [2.45, 2.75) is 38.5 Å². The molecule has 1 fully saturated rings. The quantitative estimate of drug-likeness (QED) is 0.471. The second-order valence-electron chi connectivity index (χ2n) is 2.94. The summed E-state index contributed by atoms with van der Waals surface area (Å²) in [5.74, 6) is 0. The average Bonchev–Trinajstić information content (AvgIpc) is 2.41. The third-order valence-corrected chi connectivity index (χ3v) is 2.04. The zero-order valence-corrected chi connectivity index (χ0v) is 6.47. The molecule has 1 saturated carbocycles. The highest BCUT2D eigenvalue weighted by molar-refractivity contribution is 5.05. The van der Waals surface area contributed by atoms with E-state index in [0.29, 0.717) is 6.61 Å². The van der Waals surface area contributed by atoms with Gasteiger partial charge in [-0.1, -0.05) is 11.6 Å². The van der Waals surface area contributed by atoms with Crippen LogP contribution in [0.1, 0.15) is 38.5 Å². The van der Waals surface area contributed by atoms with Gasteiger partial charge < -0.3 is 5.11 Å². The van der Waals surface area contributed by atoms with Crippen molar-refractivity contribution in [3.63, 3.8) is 0 Å². The molecular formula is C9H16O. The maximum atomic E-state index is 8.51. The minimum Gasteiger partial charge on any atom is -0.396 e. The van der Waals surface area contributed by atoms with Gasteiger partial charge in [0.25, 0.3) is 0 Å². The summed E-state index contributed by atoms with van der Waals surface area (Å²) in [6.45, 7) is 0.337. The fraction of sp³-hybridized carbons (Fsp3) is 0.778. The van der Waals surface area contributed by atoms with Gasteiger partial charge in [-0.05, 0) is 38.5 Å². The predicted octanol–water partition coefficient (Wildman–Crippen LogP) is 2.26. The molecule has 0 aromatic carbocycles. The molecule has 10 heavy (non-hydrogen) atoms. The Morgan fingerprint density at radius 1 is 1.30 bits per heavy atom. The third kappa shape index (κ3) is 2.53. The van der Waals surface area contributed by atoms with Gasteiger partial charge in [-0.3, -0.25) is 0 Å². The molecule has 1 rings (SSSR count). The number of allylic oxidation sites excluding steroid dienone is 2. The molecule has 1 heteroatoms. The maximum Gasteiger partial charge on any atom is 0.0433 e. The summed E-state index contributed by atoms with van der Waals surface area (Å²) < 4.78 is 0. The van der Waals surface area contributed by atoms with Crippen LogP contribution in [0.4, 0.5) is 0 Å². The Labute approximate surface area is 62.8 Å². The molecule has 0 spiro atoms. The van der Waals surface area contributed by atoms with Crippen LogP contribution in [0.15, 0.2) is 11.6 Å². The number of aliphatic hydroxyl groups is 1. The molecule has 1 nitrogen and oxygen atoms in total. The molecule has 58 valence electrons. The number of rotatable bonds is 3. The second kappa shape index (κ2) is 4.51. The van der Waals surface area contributed by atoms with E-state index in [2.05, 4.69) is 6.08 Å². The highest BCUT2D eigenvalue weighted by atomic mass is 16.2. The Balaban J connectivity index is 2.12. The van der Waals surface area contributed by atoms with Crippen LogP contribution in [0.25, 0.3) is 0 Å². The van der Waals surface area contributed by atoms with Crippen molar-refractivity contribution in [2.24, 2.45) is 0 Å². The monoisotopic (exact) mass is 140 g/mol. The highest BCUT2D eigenvalue weighted by Crippen LogP contribution is 2.23. The molecule has 0 atom stereocenters. The molecule has 0 aromatic rings. The Morgan fingerprint density at radius 3 is 2.60 bits per heavy atom. The zero-order valence-electron chi connectivity index (χ0n) is 6.47. The van der Waals surface area contributed by atoms with Gasteiger partial charge in [-0.25, -0.2) is 0 Å². The van der Waals surface area contributed by atoms with E-state index in [0.717, 1.165) is 12.8 Å². The van der Waals surface area contributed by atoms with Crippen molar-refractivity contribution in [3.05, 3.63) is 11.6 Å². The topological polar surface area (TPSA) is 20.2 Å². The maximum absolute atomic E-state index is 8.51. The number of hydrogen-bond acceptors (Lipinski definition) is 1. The molecular weight excluding hydrogens is 124 g/mol. The molecule has 0 saturated heterocycles. The zero-order chi connectivity index (χ0) is 7.23. The lowest BCUT2D eigenvalue weighted by atomic mass is 10.2. The molecule has 0 heterocycles. The largest absolute Gasteiger partial charge is 0.396 e. The van der Waals surface area contributed by atoms with Crippen LogP contribution < -0.4 is 0 Å². The number of aliphatic hydroxyl groups excluding tert-OH is 1. The SMILES string of the molecule is OCCCC=C1CCCC1. The van der Waals surface area contributed by atoms with Crippen molar-refractivity contribution >= 4 is 0 Å². The first-order valence-corrected chi connectivity index (χ1v) is 4.22. The summed E-state index contributed by atoms with van der Waals surface area (Å²) >= 11 is 0. The summed E-state index contributed by atoms with van der Waals surface area (Å²) in [6.07, 6.45) is 9.70. The van der Waals surface area contributed by atoms with E-state index in [4.69, 9.17) is 5.11 Å². The second-order valence-corrected chi connectivity index (χ2v) is 2.94. The van der Waals surface area contributed by atoms with Gasteiger partial charge in [-0.2, -0.15) is 0 Å². The van der Waals surface area contributed by atoms with Crippen molar-refractivity contribution in [3.8, 4) is 0 Å². The van der Waals surface area contributed by atoms with E-state index in [-0.39, 0.29) is 0 Å². The molecule has 1 N–H and O–H groups in total. The van der Waals surface area contributed by atoms with Gasteiger partial charge in [-0.15, -0.1) is 0 Å². The lowest BCUT2D eigenvalue weighted by molar-refractivity contribution is 0.289. The van der Waals surface area contributed by atoms with E-state index in [1.807, 2.05) is 0 Å². The fourth-order valence-corrected chi connectivity index (χ4v) is 1.43. The molecule has 0 amide bonds. The molecule has 0 bridgehead atoms. The van der Waals surface area contributed by atoms with Crippen molar-refractivity contribution in [1.29, 1.82) is 0 Å². The van der Waals surface area contributed by atoms with Crippen molar-refractivity contribution in [1.82, 2.24) is 0 Å². The van der Waals surface area contributed by atoms with Crippen LogP contribution in [0.5, 0.6) is 0 Å². The Hall–Kier alpha value is -0.300. The Kier molecular flexibility index (Phi) is 3.52. The first-order chi connectivity index (χ1) is 4.93. The minimum atomic E-state index is 0.337. The van der Waals surface area contributed by atoms with E-state index in [9.17, 15) is 0 Å². The lowest BCUT2D eigenvalue weighted by Gasteiger charge is -1.93. The highest BCUT2D eigenvalue weighted by Gasteiger charge is 2.04. The first kappa shape index (κ1) is 7.80. The van der Waals surface area contributed by atoms with Crippen molar-refractivity contribution < 1.29 is 5.11 Å². The summed E-state index contributed by atoms with van der Waals surface area (Å²) in [5, 5.41) is 8.51. The first-order valence-electron chi connectivity index (χ1n) is 4.22. The predicted molar refractivity (Wildman–Crippen MR) is 42.9 cm³/mol. The lowest BCUT2D eigenvalue weighted by Crippen LogP contribution is -1.80. The summed E-state index contributed by atoms with van der Waals surface area (Å²) in [5.41, 5.74) is 1.62. The van der Waals surface area contributed by atoms with E-state index in [1.165, 1.54) is 25.7 Å². The average molecular weight is 140 g/mol. The number of unbranched alkanes of at least 4 members (excludes halogenated alkanes) is 1. The van der Waals surface area contributed by atoms with Crippen LogP contribution >= 0.6 is 0 Å². The molecule has 0 aromatic heterocycles. The smallest absolute Gasteiger partial charge is 0.0433 e. The van der Waals surface area contributed by atoms with Gasteiger partial charge in [0, 0.05) is 6.61 Å². The van der Waals surface area contributed by atoms with Gasteiger partial charge in [0.15, 0.2) is 0 Å². The fourth-order valence-electron chi connectivity index (χ4n) is 1.43. The Morgan fingerprint density at radius 2 is 2.00 bits per heavy atom. The van der Waals surface area contributed by atoms with Crippen LogP contribution in [-0.2, 0) is 0 Å². The summed E-state index contributed by atoms with van der Waals surface area (Å²) in [6, 6.07) is 0. The summed E-state index contributed by atoms with van der Waals surface area (Å²) in [7, 11) is 0. The van der Waals surface area contributed by atoms with E-state index < -0.39 is 0 Å². The van der Waals surface area contributed by atoms with Gasteiger partial charge in [0.05, 0.1) is 0 Å².